The SMILES string of the molecule is CC(C)S(=O)(=O)Nc1cnn([C@H]2CCOC2)c1. The van der Waals surface area contributed by atoms with Crippen LogP contribution in [0, 0.1) is 0 Å². The van der Waals surface area contributed by atoms with Crippen LogP contribution in [-0.2, 0) is 14.8 Å². The van der Waals surface area contributed by atoms with Gasteiger partial charge in [0, 0.05) is 12.8 Å². The molecule has 1 aliphatic rings. The van der Waals surface area contributed by atoms with E-state index >= 15 is 0 Å². The van der Waals surface area contributed by atoms with Crippen LogP contribution in [0.3, 0.4) is 0 Å². The molecular formula is C10H17N3O3S. The number of rotatable bonds is 4. The number of anilines is 1. The van der Waals surface area contributed by atoms with Crippen molar-refractivity contribution in [3.8, 4) is 0 Å². The molecule has 1 N–H and O–H groups in total. The number of ether oxygens (including phenoxy) is 1. The predicted octanol–water partition coefficient (Wildman–Crippen LogP) is 0.995. The molecular weight excluding hydrogens is 242 g/mol. The minimum atomic E-state index is -3.30. The first-order valence-corrected chi connectivity index (χ1v) is 7.17. The Kier molecular flexibility index (Phi) is 3.39. The fourth-order valence-electron chi connectivity index (χ4n) is 1.60. The molecule has 1 atom stereocenters. The topological polar surface area (TPSA) is 73.2 Å². The molecule has 0 aromatic carbocycles. The fourth-order valence-corrected chi connectivity index (χ4v) is 2.27. The normalized spacial score (nSPS) is 21.0. The quantitative estimate of drug-likeness (QED) is 0.875. The Morgan fingerprint density at radius 1 is 1.59 bits per heavy atom. The van der Waals surface area contributed by atoms with E-state index in [-0.39, 0.29) is 6.04 Å². The molecule has 0 aliphatic carbocycles. The standard InChI is InChI=1S/C10H17N3O3S/c1-8(2)17(14,15)12-9-5-11-13(6-9)10-3-4-16-7-10/h5-6,8,10,12H,3-4,7H2,1-2H3/t10-/m0/s1. The third kappa shape index (κ3) is 2.78. The first kappa shape index (κ1) is 12.4. The van der Waals surface area contributed by atoms with Crippen LogP contribution in [0.5, 0.6) is 0 Å². The summed E-state index contributed by atoms with van der Waals surface area (Å²) in [6.07, 6.45) is 4.15. The van der Waals surface area contributed by atoms with Crippen LogP contribution in [0.25, 0.3) is 0 Å². The summed E-state index contributed by atoms with van der Waals surface area (Å²) in [7, 11) is -3.30. The summed E-state index contributed by atoms with van der Waals surface area (Å²) in [4.78, 5) is 0. The molecule has 6 nitrogen and oxygen atoms in total. The Labute approximate surface area is 101 Å². The van der Waals surface area contributed by atoms with Gasteiger partial charge >= 0.3 is 0 Å². The maximum atomic E-state index is 11.7. The summed E-state index contributed by atoms with van der Waals surface area (Å²) in [6, 6.07) is 0.215. The highest BCUT2D eigenvalue weighted by Gasteiger charge is 2.20. The van der Waals surface area contributed by atoms with Gasteiger partial charge in [0.05, 0.1) is 29.8 Å². The lowest BCUT2D eigenvalue weighted by molar-refractivity contribution is 0.184. The molecule has 0 unspecified atom stereocenters. The second-order valence-electron chi connectivity index (χ2n) is 4.42. The number of aromatic nitrogens is 2. The minimum absolute atomic E-state index is 0.215. The lowest BCUT2D eigenvalue weighted by atomic mass is 10.3. The number of sulfonamides is 1. The molecule has 0 spiro atoms. The first-order valence-electron chi connectivity index (χ1n) is 5.62. The van der Waals surface area contributed by atoms with Crippen LogP contribution in [0.15, 0.2) is 12.4 Å². The van der Waals surface area contributed by atoms with Crippen LogP contribution >= 0.6 is 0 Å². The molecule has 1 aromatic heterocycles. The average Bonchev–Trinajstić information content (AvgIpc) is 2.85. The third-order valence-electron chi connectivity index (χ3n) is 2.76. The van der Waals surface area contributed by atoms with Gasteiger partial charge in [-0.25, -0.2) is 8.42 Å². The van der Waals surface area contributed by atoms with Crippen molar-refractivity contribution < 1.29 is 13.2 Å². The van der Waals surface area contributed by atoms with Crippen molar-refractivity contribution in [2.75, 3.05) is 17.9 Å². The van der Waals surface area contributed by atoms with Crippen molar-refractivity contribution >= 4 is 15.7 Å². The average molecular weight is 259 g/mol. The second-order valence-corrected chi connectivity index (χ2v) is 6.66. The van der Waals surface area contributed by atoms with E-state index in [1.807, 2.05) is 0 Å². The van der Waals surface area contributed by atoms with Gasteiger partial charge in [-0.15, -0.1) is 0 Å². The summed E-state index contributed by atoms with van der Waals surface area (Å²) in [5.74, 6) is 0. The zero-order chi connectivity index (χ0) is 12.5. The van der Waals surface area contributed by atoms with Crippen molar-refractivity contribution in [3.63, 3.8) is 0 Å². The molecule has 2 rings (SSSR count). The van der Waals surface area contributed by atoms with Gasteiger partial charge in [0.15, 0.2) is 0 Å². The summed E-state index contributed by atoms with van der Waals surface area (Å²) in [5, 5.41) is 3.69. The van der Waals surface area contributed by atoms with Gasteiger partial charge in [-0.1, -0.05) is 0 Å². The van der Waals surface area contributed by atoms with Crippen molar-refractivity contribution in [1.29, 1.82) is 0 Å². The van der Waals surface area contributed by atoms with Gasteiger partial charge in [-0.2, -0.15) is 5.10 Å². The van der Waals surface area contributed by atoms with E-state index in [2.05, 4.69) is 9.82 Å². The maximum Gasteiger partial charge on any atom is 0.235 e. The zero-order valence-corrected chi connectivity index (χ0v) is 10.8. The molecule has 0 amide bonds. The van der Waals surface area contributed by atoms with Gasteiger partial charge < -0.3 is 4.74 Å². The lowest BCUT2D eigenvalue weighted by Gasteiger charge is -2.09. The molecule has 1 saturated heterocycles. The van der Waals surface area contributed by atoms with Crippen LogP contribution in [0.4, 0.5) is 5.69 Å². The van der Waals surface area contributed by atoms with E-state index < -0.39 is 15.3 Å². The van der Waals surface area contributed by atoms with Crippen LogP contribution in [0.1, 0.15) is 26.3 Å². The zero-order valence-electron chi connectivity index (χ0n) is 9.96. The van der Waals surface area contributed by atoms with E-state index in [9.17, 15) is 8.42 Å². The molecule has 17 heavy (non-hydrogen) atoms. The van der Waals surface area contributed by atoms with E-state index in [0.29, 0.717) is 12.3 Å². The molecule has 2 heterocycles. The summed E-state index contributed by atoms with van der Waals surface area (Å²) < 4.78 is 32.8. The van der Waals surface area contributed by atoms with E-state index in [0.717, 1.165) is 13.0 Å². The number of hydrogen-bond acceptors (Lipinski definition) is 4. The first-order chi connectivity index (χ1) is 7.99. The highest BCUT2D eigenvalue weighted by molar-refractivity contribution is 7.93. The van der Waals surface area contributed by atoms with Crippen molar-refractivity contribution in [2.45, 2.75) is 31.6 Å². The molecule has 1 fully saturated rings. The highest BCUT2D eigenvalue weighted by atomic mass is 32.2. The van der Waals surface area contributed by atoms with Crippen molar-refractivity contribution in [2.24, 2.45) is 0 Å². The van der Waals surface area contributed by atoms with Gasteiger partial charge in [-0.3, -0.25) is 9.40 Å². The monoisotopic (exact) mass is 259 g/mol. The lowest BCUT2D eigenvalue weighted by Crippen LogP contribution is -2.22. The Morgan fingerprint density at radius 2 is 2.35 bits per heavy atom. The maximum absolute atomic E-state index is 11.7. The van der Waals surface area contributed by atoms with E-state index in [1.165, 1.54) is 6.20 Å². The predicted molar refractivity (Wildman–Crippen MR) is 64.4 cm³/mol. The Balaban J connectivity index is 2.08. The number of nitrogens with zero attached hydrogens (tertiary/aromatic N) is 2. The molecule has 1 aromatic rings. The largest absolute Gasteiger partial charge is 0.379 e. The van der Waals surface area contributed by atoms with Crippen molar-refractivity contribution in [3.05, 3.63) is 12.4 Å². The minimum Gasteiger partial charge on any atom is -0.379 e. The third-order valence-corrected chi connectivity index (χ3v) is 4.52. The van der Waals surface area contributed by atoms with Gasteiger partial charge in [0.25, 0.3) is 0 Å². The summed E-state index contributed by atoms with van der Waals surface area (Å²) in [6.45, 7) is 4.64. The molecule has 0 bridgehead atoms. The summed E-state index contributed by atoms with van der Waals surface area (Å²) >= 11 is 0. The van der Waals surface area contributed by atoms with Gasteiger partial charge in [-0.05, 0) is 20.3 Å². The highest BCUT2D eigenvalue weighted by Crippen LogP contribution is 2.20. The Hall–Kier alpha value is -1.08. The Morgan fingerprint density at radius 3 is 2.94 bits per heavy atom. The van der Waals surface area contributed by atoms with Crippen LogP contribution in [-0.4, -0.2) is 36.7 Å². The fraction of sp³-hybridized carbons (Fsp3) is 0.700. The molecule has 1 aliphatic heterocycles. The van der Waals surface area contributed by atoms with Gasteiger partial charge in [0.1, 0.15) is 0 Å². The smallest absolute Gasteiger partial charge is 0.235 e. The van der Waals surface area contributed by atoms with Crippen LogP contribution < -0.4 is 4.72 Å². The number of nitrogens with one attached hydrogen (secondary N) is 1. The van der Waals surface area contributed by atoms with E-state index in [1.54, 1.807) is 24.7 Å². The molecule has 7 heteroatoms. The van der Waals surface area contributed by atoms with E-state index in [4.69, 9.17) is 4.74 Å². The summed E-state index contributed by atoms with van der Waals surface area (Å²) in [5.41, 5.74) is 0.505. The molecule has 0 saturated carbocycles. The van der Waals surface area contributed by atoms with Crippen molar-refractivity contribution in [1.82, 2.24) is 9.78 Å². The Bertz CT molecular complexity index is 475. The molecule has 96 valence electrons. The second kappa shape index (κ2) is 4.66. The molecule has 0 radical (unpaired) electrons. The van der Waals surface area contributed by atoms with Gasteiger partial charge in [0.2, 0.25) is 10.0 Å². The number of hydrogen-bond donors (Lipinski definition) is 1. The van der Waals surface area contributed by atoms with Crippen LogP contribution in [0.2, 0.25) is 0 Å².